The maximum Gasteiger partial charge on any atom is 0.127 e. The summed E-state index contributed by atoms with van der Waals surface area (Å²) in [5.74, 6) is 1.09. The van der Waals surface area contributed by atoms with Crippen molar-refractivity contribution in [3.8, 4) is 0 Å². The van der Waals surface area contributed by atoms with Crippen molar-refractivity contribution >= 4 is 11.0 Å². The van der Waals surface area contributed by atoms with Crippen LogP contribution in [0.5, 0.6) is 0 Å². The van der Waals surface area contributed by atoms with Gasteiger partial charge >= 0.3 is 0 Å². The van der Waals surface area contributed by atoms with Crippen LogP contribution in [0, 0.1) is 6.92 Å². The van der Waals surface area contributed by atoms with E-state index in [1.807, 2.05) is 0 Å². The van der Waals surface area contributed by atoms with E-state index in [4.69, 9.17) is 4.98 Å². The van der Waals surface area contributed by atoms with Crippen molar-refractivity contribution in [3.63, 3.8) is 0 Å². The molecule has 1 atom stereocenters. The Labute approximate surface area is 126 Å². The molecule has 1 aromatic heterocycles. The lowest BCUT2D eigenvalue weighted by molar-refractivity contribution is 0.164. The number of rotatable bonds is 4. The molecule has 1 aliphatic heterocycles. The molecule has 2 aromatic rings. The van der Waals surface area contributed by atoms with Crippen LogP contribution >= 0.6 is 0 Å². The second kappa shape index (κ2) is 6.16. The van der Waals surface area contributed by atoms with Gasteiger partial charge in [-0.2, -0.15) is 0 Å². The first-order valence-electron chi connectivity index (χ1n) is 8.02. The van der Waals surface area contributed by atoms with Crippen LogP contribution in [0.15, 0.2) is 18.2 Å². The average molecular weight is 287 g/mol. The van der Waals surface area contributed by atoms with Crippen LogP contribution in [-0.4, -0.2) is 39.3 Å². The quantitative estimate of drug-likeness (QED) is 0.940. The maximum atomic E-state index is 9.41. The molecule has 1 N–H and O–H groups in total. The van der Waals surface area contributed by atoms with Gasteiger partial charge in [0.2, 0.25) is 0 Å². The fourth-order valence-corrected chi connectivity index (χ4v) is 3.38. The Kier molecular flexibility index (Phi) is 4.27. The molecule has 1 aliphatic rings. The van der Waals surface area contributed by atoms with Crippen molar-refractivity contribution in [1.29, 1.82) is 0 Å². The van der Waals surface area contributed by atoms with Crippen LogP contribution in [0.1, 0.15) is 43.6 Å². The number of benzene rings is 1. The SMILES string of the molecule is Cc1ccc2c(c1)nc(C(C)N1CCCCC1)n2CCO. The number of nitrogens with zero attached hydrogens (tertiary/aromatic N) is 3. The van der Waals surface area contributed by atoms with E-state index in [1.165, 1.54) is 24.8 Å². The second-order valence-electron chi connectivity index (χ2n) is 6.11. The van der Waals surface area contributed by atoms with Gasteiger partial charge in [0.1, 0.15) is 5.82 Å². The van der Waals surface area contributed by atoms with Crippen LogP contribution in [0.3, 0.4) is 0 Å². The third kappa shape index (κ3) is 2.83. The number of imidazole rings is 1. The number of hydrogen-bond donors (Lipinski definition) is 1. The van der Waals surface area contributed by atoms with Gasteiger partial charge in [-0.1, -0.05) is 12.5 Å². The minimum absolute atomic E-state index is 0.152. The molecule has 2 heterocycles. The first-order chi connectivity index (χ1) is 10.2. The highest BCUT2D eigenvalue weighted by molar-refractivity contribution is 5.77. The number of aryl methyl sites for hydroxylation is 1. The minimum atomic E-state index is 0.152. The second-order valence-corrected chi connectivity index (χ2v) is 6.11. The fourth-order valence-electron chi connectivity index (χ4n) is 3.38. The van der Waals surface area contributed by atoms with Crippen LogP contribution < -0.4 is 0 Å². The lowest BCUT2D eigenvalue weighted by atomic mass is 10.1. The predicted molar refractivity (Wildman–Crippen MR) is 85.4 cm³/mol. The first-order valence-corrected chi connectivity index (χ1v) is 8.02. The van der Waals surface area contributed by atoms with E-state index in [-0.39, 0.29) is 6.61 Å². The van der Waals surface area contributed by atoms with Gasteiger partial charge in [0.05, 0.1) is 23.7 Å². The molecule has 3 rings (SSSR count). The summed E-state index contributed by atoms with van der Waals surface area (Å²) in [5.41, 5.74) is 3.41. The number of aliphatic hydroxyl groups is 1. The number of aromatic nitrogens is 2. The van der Waals surface area contributed by atoms with E-state index < -0.39 is 0 Å². The number of hydrogen-bond acceptors (Lipinski definition) is 3. The Morgan fingerprint density at radius 2 is 2.00 bits per heavy atom. The molecule has 114 valence electrons. The smallest absolute Gasteiger partial charge is 0.127 e. The van der Waals surface area contributed by atoms with Gasteiger partial charge in [0.15, 0.2) is 0 Å². The topological polar surface area (TPSA) is 41.3 Å². The first kappa shape index (κ1) is 14.5. The summed E-state index contributed by atoms with van der Waals surface area (Å²) < 4.78 is 2.19. The van der Waals surface area contributed by atoms with E-state index >= 15 is 0 Å². The molecule has 0 aliphatic carbocycles. The Hall–Kier alpha value is -1.39. The Bertz CT molecular complexity index is 614. The summed E-state index contributed by atoms with van der Waals surface area (Å²) in [5, 5.41) is 9.41. The van der Waals surface area contributed by atoms with E-state index in [0.717, 1.165) is 29.9 Å². The van der Waals surface area contributed by atoms with Gasteiger partial charge in [0.25, 0.3) is 0 Å². The molecule has 0 saturated carbocycles. The third-order valence-corrected chi connectivity index (χ3v) is 4.57. The molecular weight excluding hydrogens is 262 g/mol. The molecule has 1 fully saturated rings. The summed E-state index contributed by atoms with van der Waals surface area (Å²) in [6.07, 6.45) is 3.91. The average Bonchev–Trinajstić information content (AvgIpc) is 2.85. The van der Waals surface area contributed by atoms with Crippen molar-refractivity contribution in [1.82, 2.24) is 14.5 Å². The van der Waals surface area contributed by atoms with Crippen LogP contribution in [0.4, 0.5) is 0 Å². The van der Waals surface area contributed by atoms with Gasteiger partial charge in [0, 0.05) is 6.54 Å². The van der Waals surface area contributed by atoms with Gasteiger partial charge in [-0.3, -0.25) is 4.90 Å². The highest BCUT2D eigenvalue weighted by Crippen LogP contribution is 2.27. The van der Waals surface area contributed by atoms with E-state index in [0.29, 0.717) is 12.6 Å². The molecule has 0 bridgehead atoms. The van der Waals surface area contributed by atoms with Gasteiger partial charge in [-0.15, -0.1) is 0 Å². The monoisotopic (exact) mass is 287 g/mol. The number of piperidine rings is 1. The maximum absolute atomic E-state index is 9.41. The Morgan fingerprint density at radius 3 is 2.71 bits per heavy atom. The zero-order chi connectivity index (χ0) is 14.8. The molecule has 4 heteroatoms. The highest BCUT2D eigenvalue weighted by atomic mass is 16.3. The highest BCUT2D eigenvalue weighted by Gasteiger charge is 2.23. The molecule has 4 nitrogen and oxygen atoms in total. The zero-order valence-electron chi connectivity index (χ0n) is 13.0. The largest absolute Gasteiger partial charge is 0.395 e. The standard InChI is InChI=1S/C17H25N3O/c1-13-6-7-16-15(12-13)18-17(20(16)10-11-21)14(2)19-8-4-3-5-9-19/h6-7,12,14,21H,3-5,8-11H2,1-2H3. The third-order valence-electron chi connectivity index (χ3n) is 4.57. The van der Waals surface area contributed by atoms with Crippen molar-refractivity contribution in [2.75, 3.05) is 19.7 Å². The molecule has 0 amide bonds. The molecule has 1 aromatic carbocycles. The molecule has 1 unspecified atom stereocenters. The molecule has 21 heavy (non-hydrogen) atoms. The minimum Gasteiger partial charge on any atom is -0.395 e. The van der Waals surface area contributed by atoms with E-state index in [2.05, 4.69) is 41.5 Å². The summed E-state index contributed by atoms with van der Waals surface area (Å²) in [6.45, 7) is 7.42. The summed E-state index contributed by atoms with van der Waals surface area (Å²) in [7, 11) is 0. The van der Waals surface area contributed by atoms with E-state index in [9.17, 15) is 5.11 Å². The van der Waals surface area contributed by atoms with Crippen molar-refractivity contribution in [3.05, 3.63) is 29.6 Å². The van der Waals surface area contributed by atoms with Gasteiger partial charge in [-0.05, 0) is 57.5 Å². The molecular formula is C17H25N3O. The van der Waals surface area contributed by atoms with Crippen LogP contribution in [0.2, 0.25) is 0 Å². The fraction of sp³-hybridized carbons (Fsp3) is 0.588. The van der Waals surface area contributed by atoms with Crippen LogP contribution in [-0.2, 0) is 6.54 Å². The summed E-state index contributed by atoms with van der Waals surface area (Å²) >= 11 is 0. The predicted octanol–water partition coefficient (Wildman–Crippen LogP) is 2.88. The molecule has 1 saturated heterocycles. The normalized spacial score (nSPS) is 18.2. The van der Waals surface area contributed by atoms with Crippen molar-refractivity contribution in [2.24, 2.45) is 0 Å². The lowest BCUT2D eigenvalue weighted by Crippen LogP contribution is -2.33. The number of likely N-dealkylation sites (tertiary alicyclic amines) is 1. The van der Waals surface area contributed by atoms with Crippen LogP contribution in [0.25, 0.3) is 11.0 Å². The Morgan fingerprint density at radius 1 is 1.24 bits per heavy atom. The summed E-state index contributed by atoms with van der Waals surface area (Å²) in [6, 6.07) is 6.69. The van der Waals surface area contributed by atoms with Crippen molar-refractivity contribution in [2.45, 2.75) is 45.7 Å². The number of fused-ring (bicyclic) bond motifs is 1. The van der Waals surface area contributed by atoms with Gasteiger partial charge < -0.3 is 9.67 Å². The lowest BCUT2D eigenvalue weighted by Gasteiger charge is -2.32. The molecule has 0 radical (unpaired) electrons. The Balaban J connectivity index is 2.01. The zero-order valence-corrected chi connectivity index (χ0v) is 13.0. The number of aliphatic hydroxyl groups excluding tert-OH is 1. The summed E-state index contributed by atoms with van der Waals surface area (Å²) in [4.78, 5) is 7.40. The van der Waals surface area contributed by atoms with Crippen molar-refractivity contribution < 1.29 is 5.11 Å². The van der Waals surface area contributed by atoms with E-state index in [1.54, 1.807) is 0 Å². The molecule has 0 spiro atoms. The van der Waals surface area contributed by atoms with Gasteiger partial charge in [-0.25, -0.2) is 4.98 Å².